The van der Waals surface area contributed by atoms with Crippen LogP contribution in [0, 0.1) is 0 Å². The van der Waals surface area contributed by atoms with E-state index in [0.717, 1.165) is 0 Å². The number of hydrogen-bond donors (Lipinski definition) is 0. The van der Waals surface area contributed by atoms with Crippen molar-refractivity contribution in [2.45, 2.75) is 12.8 Å². The van der Waals surface area contributed by atoms with Gasteiger partial charge in [-0.3, -0.25) is 4.79 Å². The second-order valence-corrected chi connectivity index (χ2v) is 3.21. The Bertz CT molecular complexity index is 430. The molecule has 8 heteroatoms. The van der Waals surface area contributed by atoms with Crippen molar-refractivity contribution in [3.8, 4) is 5.75 Å². The predicted octanol–water partition coefficient (Wildman–Crippen LogP) is 3.90. The Kier molecular flexibility index (Phi) is 3.92. The van der Waals surface area contributed by atoms with Crippen molar-refractivity contribution in [1.82, 2.24) is 0 Å². The topological polar surface area (TPSA) is 26.3 Å². The zero-order chi connectivity index (χ0) is 13.2. The van der Waals surface area contributed by atoms with Crippen molar-refractivity contribution in [3.05, 3.63) is 29.3 Å². The van der Waals surface area contributed by atoms with Gasteiger partial charge >= 0.3 is 6.36 Å². The Morgan fingerprint density at radius 1 is 1.29 bits per heavy atom. The van der Waals surface area contributed by atoms with E-state index in [9.17, 15) is 26.7 Å². The van der Waals surface area contributed by atoms with Crippen LogP contribution < -0.4 is 4.74 Å². The summed E-state index contributed by atoms with van der Waals surface area (Å²) in [5.41, 5.74) is -1.47. The largest absolute Gasteiger partial charge is 0.573 e. The first-order valence-corrected chi connectivity index (χ1v) is 4.46. The van der Waals surface area contributed by atoms with Gasteiger partial charge in [-0.1, -0.05) is 0 Å². The van der Waals surface area contributed by atoms with Crippen LogP contribution in [0.25, 0.3) is 0 Å². The van der Waals surface area contributed by atoms with Crippen LogP contribution in [0.2, 0.25) is 0 Å². The Balaban J connectivity index is 3.15. The van der Waals surface area contributed by atoms with E-state index >= 15 is 0 Å². The molecule has 2 nitrogen and oxygen atoms in total. The third kappa shape index (κ3) is 3.85. The van der Waals surface area contributed by atoms with E-state index in [4.69, 9.17) is 11.6 Å². The molecule has 0 fully saturated rings. The molecule has 0 aliphatic heterocycles. The Morgan fingerprint density at radius 2 is 1.88 bits per heavy atom. The van der Waals surface area contributed by atoms with Crippen molar-refractivity contribution in [2.75, 3.05) is 0 Å². The molecule has 0 aliphatic carbocycles. The molecule has 1 rings (SSSR count). The van der Waals surface area contributed by atoms with Gasteiger partial charge in [-0.25, -0.2) is 8.78 Å². The van der Waals surface area contributed by atoms with E-state index in [1.807, 2.05) is 0 Å². The Labute approximate surface area is 96.9 Å². The lowest BCUT2D eigenvalue weighted by Crippen LogP contribution is -2.17. The van der Waals surface area contributed by atoms with Gasteiger partial charge in [-0.2, -0.15) is 0 Å². The molecule has 0 bridgehead atoms. The number of alkyl halides is 5. The molecule has 0 spiro atoms. The highest BCUT2D eigenvalue weighted by molar-refractivity contribution is 6.68. The maximum atomic E-state index is 12.4. The van der Waals surface area contributed by atoms with Gasteiger partial charge in [-0.15, -0.1) is 13.2 Å². The van der Waals surface area contributed by atoms with Crippen molar-refractivity contribution in [3.63, 3.8) is 0 Å². The number of benzene rings is 1. The molecule has 0 amide bonds. The second kappa shape index (κ2) is 4.87. The SMILES string of the molecule is O=C(Cl)c1cc(OC(F)(F)F)ccc1C(F)F. The zero-order valence-electron chi connectivity index (χ0n) is 7.89. The summed E-state index contributed by atoms with van der Waals surface area (Å²) in [4.78, 5) is 10.8. The van der Waals surface area contributed by atoms with Crippen LogP contribution in [0.1, 0.15) is 22.3 Å². The van der Waals surface area contributed by atoms with Gasteiger partial charge in [0.1, 0.15) is 5.75 Å². The molecule has 17 heavy (non-hydrogen) atoms. The smallest absolute Gasteiger partial charge is 0.406 e. The number of halogens is 6. The fraction of sp³-hybridized carbons (Fsp3) is 0.222. The van der Waals surface area contributed by atoms with Gasteiger partial charge < -0.3 is 4.74 Å². The number of rotatable bonds is 3. The van der Waals surface area contributed by atoms with Crippen LogP contribution in [-0.4, -0.2) is 11.6 Å². The fourth-order valence-electron chi connectivity index (χ4n) is 1.09. The lowest BCUT2D eigenvalue weighted by atomic mass is 10.1. The second-order valence-electron chi connectivity index (χ2n) is 2.87. The Morgan fingerprint density at radius 3 is 2.29 bits per heavy atom. The van der Waals surface area contributed by atoms with E-state index in [1.165, 1.54) is 0 Å². The fourth-order valence-corrected chi connectivity index (χ4v) is 1.26. The monoisotopic (exact) mass is 274 g/mol. The highest BCUT2D eigenvalue weighted by Crippen LogP contribution is 2.30. The molecule has 0 heterocycles. The molecule has 0 saturated carbocycles. The first-order chi connectivity index (χ1) is 7.70. The molecule has 0 aromatic heterocycles. The van der Waals surface area contributed by atoms with E-state index < -0.39 is 34.9 Å². The van der Waals surface area contributed by atoms with Crippen molar-refractivity contribution < 1.29 is 31.5 Å². The summed E-state index contributed by atoms with van der Waals surface area (Å²) in [6.45, 7) is 0. The summed E-state index contributed by atoms with van der Waals surface area (Å²) in [6, 6.07) is 1.85. The van der Waals surface area contributed by atoms with E-state index in [1.54, 1.807) is 0 Å². The predicted molar refractivity (Wildman–Crippen MR) is 48.3 cm³/mol. The zero-order valence-corrected chi connectivity index (χ0v) is 8.65. The lowest BCUT2D eigenvalue weighted by Gasteiger charge is -2.11. The van der Waals surface area contributed by atoms with E-state index in [0.29, 0.717) is 18.2 Å². The van der Waals surface area contributed by atoms with Crippen LogP contribution >= 0.6 is 11.6 Å². The lowest BCUT2D eigenvalue weighted by molar-refractivity contribution is -0.274. The van der Waals surface area contributed by atoms with Crippen molar-refractivity contribution in [1.29, 1.82) is 0 Å². The number of ether oxygens (including phenoxy) is 1. The standard InChI is InChI=1S/C9H4ClF5O2/c10-7(16)6-3-4(17-9(13,14)15)1-2-5(6)8(11)12/h1-3,8H. The molecule has 0 radical (unpaired) electrons. The minimum Gasteiger partial charge on any atom is -0.406 e. The maximum Gasteiger partial charge on any atom is 0.573 e. The highest BCUT2D eigenvalue weighted by atomic mass is 35.5. The van der Waals surface area contributed by atoms with Gasteiger partial charge in [0.2, 0.25) is 0 Å². The summed E-state index contributed by atoms with van der Waals surface area (Å²) < 4.78 is 63.8. The molecule has 1 aromatic carbocycles. The van der Waals surface area contributed by atoms with E-state index in [-0.39, 0.29) is 0 Å². The molecule has 0 saturated heterocycles. The summed E-state index contributed by atoms with van der Waals surface area (Å²) >= 11 is 4.99. The highest BCUT2D eigenvalue weighted by Gasteiger charge is 2.31. The summed E-state index contributed by atoms with van der Waals surface area (Å²) in [5.74, 6) is -0.786. The minimum absolute atomic E-state index is 0.518. The third-order valence-electron chi connectivity index (χ3n) is 1.71. The van der Waals surface area contributed by atoms with Gasteiger partial charge in [0, 0.05) is 11.1 Å². The number of carbonyl (C=O) groups excluding carboxylic acids is 1. The average Bonchev–Trinajstić information content (AvgIpc) is 2.14. The normalized spacial score (nSPS) is 11.7. The molecular formula is C9H4ClF5O2. The van der Waals surface area contributed by atoms with Gasteiger partial charge in [0.15, 0.2) is 0 Å². The summed E-state index contributed by atoms with van der Waals surface area (Å²) in [7, 11) is 0. The summed E-state index contributed by atoms with van der Waals surface area (Å²) in [6.07, 6.45) is -7.99. The molecular weight excluding hydrogens is 271 g/mol. The maximum absolute atomic E-state index is 12.4. The first kappa shape index (κ1) is 13.7. The van der Waals surface area contributed by atoms with Crippen LogP contribution in [0.15, 0.2) is 18.2 Å². The summed E-state index contributed by atoms with van der Waals surface area (Å²) in [5, 5.41) is -1.28. The van der Waals surface area contributed by atoms with E-state index in [2.05, 4.69) is 4.74 Å². The van der Waals surface area contributed by atoms with Gasteiger partial charge in [0.05, 0.1) is 0 Å². The Hall–Kier alpha value is -1.37. The first-order valence-electron chi connectivity index (χ1n) is 4.08. The molecule has 0 unspecified atom stereocenters. The third-order valence-corrected chi connectivity index (χ3v) is 1.91. The average molecular weight is 275 g/mol. The molecule has 1 aromatic rings. The van der Waals surface area contributed by atoms with Crippen LogP contribution in [-0.2, 0) is 0 Å². The van der Waals surface area contributed by atoms with Crippen molar-refractivity contribution >= 4 is 16.8 Å². The van der Waals surface area contributed by atoms with Crippen LogP contribution in [0.5, 0.6) is 5.75 Å². The quantitative estimate of drug-likeness (QED) is 0.617. The number of hydrogen-bond acceptors (Lipinski definition) is 2. The van der Waals surface area contributed by atoms with Gasteiger partial charge in [0.25, 0.3) is 11.7 Å². The molecule has 0 atom stereocenters. The van der Waals surface area contributed by atoms with Crippen molar-refractivity contribution in [2.24, 2.45) is 0 Å². The molecule has 0 N–H and O–H groups in total. The van der Waals surface area contributed by atoms with Gasteiger partial charge in [-0.05, 0) is 29.8 Å². The molecule has 0 aliphatic rings. The van der Waals surface area contributed by atoms with Crippen LogP contribution in [0.4, 0.5) is 22.0 Å². The minimum atomic E-state index is -4.97. The van der Waals surface area contributed by atoms with Crippen LogP contribution in [0.3, 0.4) is 0 Å². The number of carbonyl (C=O) groups is 1. The molecule has 94 valence electrons.